The Morgan fingerprint density at radius 3 is 2.62 bits per heavy atom. The highest BCUT2D eigenvalue weighted by Crippen LogP contribution is 2.31. The van der Waals surface area contributed by atoms with E-state index in [9.17, 15) is 10.1 Å². The predicted molar refractivity (Wildman–Crippen MR) is 135 cm³/mol. The molecule has 0 N–H and O–H groups in total. The topological polar surface area (TPSA) is 74.4 Å². The highest BCUT2D eigenvalue weighted by Gasteiger charge is 2.22. The van der Waals surface area contributed by atoms with Gasteiger partial charge in [-0.15, -0.1) is 11.3 Å². The van der Waals surface area contributed by atoms with Crippen molar-refractivity contribution in [1.29, 1.82) is 5.26 Å². The zero-order valence-corrected chi connectivity index (χ0v) is 19.8. The Kier molecular flexibility index (Phi) is 6.30. The minimum absolute atomic E-state index is 0.00897. The van der Waals surface area contributed by atoms with Gasteiger partial charge in [0, 0.05) is 48.9 Å². The number of ether oxygens (including phenoxy) is 1. The number of methoxy groups -OCH3 is 1. The average Bonchev–Trinajstić information content (AvgIpc) is 3.31. The summed E-state index contributed by atoms with van der Waals surface area (Å²) in [5.74, 6) is 1.50. The summed E-state index contributed by atoms with van der Waals surface area (Å²) in [5.41, 5.74) is 2.87. The lowest BCUT2D eigenvalue weighted by Gasteiger charge is -2.36. The standard InChI is InChI=1S/C26H25N5O2S/c1-33-21-9-5-8-20(16-21)30-14-12-29(13-15-30)17-23-28-25-24(26(32)31(23)11-10-27)22(18-34-25)19-6-3-2-4-7-19/h2-9,16,18H,11-15,17H2,1H3. The number of rotatable bonds is 6. The van der Waals surface area contributed by atoms with E-state index in [0.717, 1.165) is 53.6 Å². The van der Waals surface area contributed by atoms with E-state index in [2.05, 4.69) is 28.0 Å². The molecule has 5 rings (SSSR count). The molecule has 3 heterocycles. The van der Waals surface area contributed by atoms with Gasteiger partial charge in [-0.05, 0) is 17.7 Å². The third kappa shape index (κ3) is 4.28. The molecule has 0 aliphatic carbocycles. The first-order chi connectivity index (χ1) is 16.7. The first-order valence-electron chi connectivity index (χ1n) is 11.2. The summed E-state index contributed by atoms with van der Waals surface area (Å²) in [4.78, 5) is 23.7. The van der Waals surface area contributed by atoms with Crippen LogP contribution >= 0.6 is 11.3 Å². The Morgan fingerprint density at radius 2 is 1.88 bits per heavy atom. The Bertz CT molecular complexity index is 1400. The third-order valence-corrected chi connectivity index (χ3v) is 7.11. The molecule has 0 amide bonds. The number of nitriles is 1. The molecule has 2 aromatic carbocycles. The normalized spacial score (nSPS) is 14.3. The molecule has 8 heteroatoms. The van der Waals surface area contributed by atoms with Gasteiger partial charge >= 0.3 is 0 Å². The van der Waals surface area contributed by atoms with Crippen LogP contribution in [-0.4, -0.2) is 47.7 Å². The fourth-order valence-electron chi connectivity index (χ4n) is 4.42. The molecule has 0 spiro atoms. The SMILES string of the molecule is COc1cccc(N2CCN(Cc3nc4scc(-c5ccccc5)c4c(=O)n3CC#N)CC2)c1. The van der Waals surface area contributed by atoms with Crippen molar-refractivity contribution < 1.29 is 4.74 Å². The quantitative estimate of drug-likeness (QED) is 0.424. The molecule has 1 aliphatic rings. The second-order valence-electron chi connectivity index (χ2n) is 8.24. The van der Waals surface area contributed by atoms with Crippen molar-refractivity contribution in [3.8, 4) is 22.9 Å². The molecule has 1 saturated heterocycles. The summed E-state index contributed by atoms with van der Waals surface area (Å²) >= 11 is 1.48. The van der Waals surface area contributed by atoms with Crippen LogP contribution in [0.25, 0.3) is 21.3 Å². The Labute approximate surface area is 202 Å². The predicted octanol–water partition coefficient (Wildman–Crippen LogP) is 3.98. The minimum Gasteiger partial charge on any atom is -0.497 e. The molecule has 0 unspecified atom stereocenters. The lowest BCUT2D eigenvalue weighted by molar-refractivity contribution is 0.240. The summed E-state index contributed by atoms with van der Waals surface area (Å²) in [6.07, 6.45) is 0. The molecule has 1 aliphatic heterocycles. The number of benzene rings is 2. The highest BCUT2D eigenvalue weighted by atomic mass is 32.1. The van der Waals surface area contributed by atoms with Crippen molar-refractivity contribution in [2.75, 3.05) is 38.2 Å². The largest absolute Gasteiger partial charge is 0.497 e. The van der Waals surface area contributed by atoms with Crippen LogP contribution in [0.2, 0.25) is 0 Å². The van der Waals surface area contributed by atoms with E-state index >= 15 is 0 Å². The second kappa shape index (κ2) is 9.67. The van der Waals surface area contributed by atoms with Gasteiger partial charge in [0.15, 0.2) is 0 Å². The maximum absolute atomic E-state index is 13.5. The van der Waals surface area contributed by atoms with Gasteiger partial charge in [-0.2, -0.15) is 5.26 Å². The molecule has 34 heavy (non-hydrogen) atoms. The second-order valence-corrected chi connectivity index (χ2v) is 9.10. The zero-order valence-electron chi connectivity index (χ0n) is 19.0. The van der Waals surface area contributed by atoms with Gasteiger partial charge in [-0.1, -0.05) is 36.4 Å². The summed E-state index contributed by atoms with van der Waals surface area (Å²) in [6, 6.07) is 20.1. The van der Waals surface area contributed by atoms with Gasteiger partial charge in [0.05, 0.1) is 25.1 Å². The smallest absolute Gasteiger partial charge is 0.263 e. The Hall–Kier alpha value is -3.67. The number of fused-ring (bicyclic) bond motifs is 1. The van der Waals surface area contributed by atoms with Crippen LogP contribution in [0, 0.1) is 11.3 Å². The number of anilines is 1. The number of nitrogens with zero attached hydrogens (tertiary/aromatic N) is 5. The summed E-state index contributed by atoms with van der Waals surface area (Å²) in [6.45, 7) is 3.96. The monoisotopic (exact) mass is 471 g/mol. The van der Waals surface area contributed by atoms with Crippen LogP contribution in [0.4, 0.5) is 5.69 Å². The lowest BCUT2D eigenvalue weighted by atomic mass is 10.1. The van der Waals surface area contributed by atoms with Crippen LogP contribution in [0.5, 0.6) is 5.75 Å². The first kappa shape index (κ1) is 22.1. The molecule has 0 bridgehead atoms. The minimum atomic E-state index is -0.142. The molecule has 7 nitrogen and oxygen atoms in total. The molecule has 0 radical (unpaired) electrons. The number of thiophene rings is 1. The van der Waals surface area contributed by atoms with Gasteiger partial charge in [-0.25, -0.2) is 4.98 Å². The number of hydrogen-bond acceptors (Lipinski definition) is 7. The summed E-state index contributed by atoms with van der Waals surface area (Å²) in [5, 5.41) is 12.0. The fraction of sp³-hybridized carbons (Fsp3) is 0.269. The van der Waals surface area contributed by atoms with E-state index in [1.165, 1.54) is 15.9 Å². The van der Waals surface area contributed by atoms with Crippen LogP contribution in [0.3, 0.4) is 0 Å². The van der Waals surface area contributed by atoms with Crippen molar-refractivity contribution in [3.63, 3.8) is 0 Å². The van der Waals surface area contributed by atoms with Gasteiger partial charge in [0.25, 0.3) is 5.56 Å². The Balaban J connectivity index is 1.39. The van der Waals surface area contributed by atoms with Crippen molar-refractivity contribution in [2.45, 2.75) is 13.1 Å². The molecular formula is C26H25N5O2S. The molecule has 1 fully saturated rings. The van der Waals surface area contributed by atoms with E-state index in [0.29, 0.717) is 17.8 Å². The van der Waals surface area contributed by atoms with Gasteiger partial charge in [-0.3, -0.25) is 14.3 Å². The van der Waals surface area contributed by atoms with Crippen molar-refractivity contribution in [2.24, 2.45) is 0 Å². The highest BCUT2D eigenvalue weighted by molar-refractivity contribution is 7.17. The fourth-order valence-corrected chi connectivity index (χ4v) is 5.38. The van der Waals surface area contributed by atoms with E-state index in [4.69, 9.17) is 9.72 Å². The molecule has 0 atom stereocenters. The van der Waals surface area contributed by atoms with Crippen LogP contribution in [-0.2, 0) is 13.1 Å². The Morgan fingerprint density at radius 1 is 1.09 bits per heavy atom. The van der Waals surface area contributed by atoms with Crippen molar-refractivity contribution in [3.05, 3.63) is 76.2 Å². The number of piperazine rings is 1. The first-order valence-corrected chi connectivity index (χ1v) is 12.1. The van der Waals surface area contributed by atoms with Crippen molar-refractivity contribution in [1.82, 2.24) is 14.5 Å². The van der Waals surface area contributed by atoms with E-state index in [1.54, 1.807) is 7.11 Å². The van der Waals surface area contributed by atoms with Gasteiger partial charge < -0.3 is 9.64 Å². The molecule has 2 aromatic heterocycles. The number of hydrogen-bond donors (Lipinski definition) is 0. The zero-order chi connectivity index (χ0) is 23.5. The molecule has 172 valence electrons. The van der Waals surface area contributed by atoms with Gasteiger partial charge in [0.2, 0.25) is 0 Å². The number of aromatic nitrogens is 2. The molecule has 0 saturated carbocycles. The van der Waals surface area contributed by atoms with Crippen LogP contribution < -0.4 is 15.2 Å². The van der Waals surface area contributed by atoms with E-state index in [1.807, 2.05) is 47.8 Å². The van der Waals surface area contributed by atoms with Crippen LogP contribution in [0.1, 0.15) is 5.82 Å². The summed E-state index contributed by atoms with van der Waals surface area (Å²) in [7, 11) is 1.68. The van der Waals surface area contributed by atoms with Crippen LogP contribution in [0.15, 0.2) is 64.8 Å². The third-order valence-electron chi connectivity index (χ3n) is 6.24. The van der Waals surface area contributed by atoms with Gasteiger partial charge in [0.1, 0.15) is 22.9 Å². The maximum Gasteiger partial charge on any atom is 0.263 e. The average molecular weight is 472 g/mol. The molecule has 4 aromatic rings. The van der Waals surface area contributed by atoms with E-state index < -0.39 is 0 Å². The molecular weight excluding hydrogens is 446 g/mol. The van der Waals surface area contributed by atoms with Crippen molar-refractivity contribution >= 4 is 27.2 Å². The summed E-state index contributed by atoms with van der Waals surface area (Å²) < 4.78 is 6.89. The maximum atomic E-state index is 13.5. The van der Waals surface area contributed by atoms with E-state index in [-0.39, 0.29) is 12.1 Å². The lowest BCUT2D eigenvalue weighted by Crippen LogP contribution is -2.46.